The van der Waals surface area contributed by atoms with Crippen molar-refractivity contribution in [3.05, 3.63) is 17.5 Å². The lowest BCUT2D eigenvalue weighted by Gasteiger charge is -2.26. The van der Waals surface area contributed by atoms with Gasteiger partial charge in [0.2, 0.25) is 0 Å². The predicted octanol–water partition coefficient (Wildman–Crippen LogP) is 1.46. The second-order valence-electron chi connectivity index (χ2n) is 4.74. The molecule has 1 aromatic heterocycles. The summed E-state index contributed by atoms with van der Waals surface area (Å²) in [7, 11) is 0. The number of amides is 1. The van der Waals surface area contributed by atoms with Crippen LogP contribution in [0.5, 0.6) is 0 Å². The van der Waals surface area contributed by atoms with Crippen molar-refractivity contribution in [1.82, 2.24) is 15.1 Å². The van der Waals surface area contributed by atoms with E-state index >= 15 is 0 Å². The van der Waals surface area contributed by atoms with Crippen LogP contribution in [0.25, 0.3) is 0 Å². The van der Waals surface area contributed by atoms with Crippen molar-refractivity contribution in [2.45, 2.75) is 52.6 Å². The van der Waals surface area contributed by atoms with Gasteiger partial charge in [-0.2, -0.15) is 5.10 Å². The Hall–Kier alpha value is -1.36. The van der Waals surface area contributed by atoms with Gasteiger partial charge in [-0.05, 0) is 32.8 Å². The van der Waals surface area contributed by atoms with E-state index in [1.54, 1.807) is 10.7 Å². The van der Waals surface area contributed by atoms with Gasteiger partial charge in [-0.3, -0.25) is 9.48 Å². The number of rotatable bonds is 6. The van der Waals surface area contributed by atoms with Gasteiger partial charge in [0.25, 0.3) is 5.91 Å². The summed E-state index contributed by atoms with van der Waals surface area (Å²) in [5, 5.41) is 7.16. The van der Waals surface area contributed by atoms with Gasteiger partial charge in [0.1, 0.15) is 5.69 Å². The average Bonchev–Trinajstić information content (AvgIpc) is 2.76. The van der Waals surface area contributed by atoms with Crippen LogP contribution in [0.4, 0.5) is 0 Å². The van der Waals surface area contributed by atoms with Crippen molar-refractivity contribution >= 4 is 5.91 Å². The van der Waals surface area contributed by atoms with Crippen LogP contribution < -0.4 is 11.1 Å². The molecule has 0 radical (unpaired) electrons. The van der Waals surface area contributed by atoms with Gasteiger partial charge in [-0.1, -0.05) is 13.8 Å². The molecule has 1 amide bonds. The summed E-state index contributed by atoms with van der Waals surface area (Å²) in [5.74, 6) is -0.103. The highest BCUT2D eigenvalue weighted by Crippen LogP contribution is 2.10. The van der Waals surface area contributed by atoms with E-state index in [1.165, 1.54) is 0 Å². The molecule has 0 fully saturated rings. The van der Waals surface area contributed by atoms with Crippen molar-refractivity contribution in [3.8, 4) is 0 Å². The molecule has 0 saturated heterocycles. The number of nitrogens with two attached hydrogens (primary N) is 1. The molecular weight excluding hydrogens is 228 g/mol. The Balaban J connectivity index is 2.71. The number of carbonyl (C=O) groups excluding carboxylic acids is 1. The molecule has 0 aliphatic carbocycles. The molecule has 5 nitrogen and oxygen atoms in total. The zero-order valence-corrected chi connectivity index (χ0v) is 11.8. The van der Waals surface area contributed by atoms with Crippen LogP contribution in [0, 0.1) is 6.92 Å². The monoisotopic (exact) mass is 252 g/mol. The lowest BCUT2D eigenvalue weighted by atomic mass is 9.94. The molecule has 0 bridgehead atoms. The van der Waals surface area contributed by atoms with Gasteiger partial charge < -0.3 is 11.1 Å². The topological polar surface area (TPSA) is 72.9 Å². The highest BCUT2D eigenvalue weighted by atomic mass is 16.2. The minimum absolute atomic E-state index is 0.103. The van der Waals surface area contributed by atoms with Gasteiger partial charge in [0, 0.05) is 18.6 Å². The molecular formula is C13H24N4O. The Kier molecular flexibility index (Phi) is 4.90. The SMILES string of the molecule is CCn1nc(C)cc1C(=O)NCC(N)(CC)CC. The van der Waals surface area contributed by atoms with Crippen molar-refractivity contribution in [1.29, 1.82) is 0 Å². The van der Waals surface area contributed by atoms with Crippen molar-refractivity contribution in [2.24, 2.45) is 5.73 Å². The maximum atomic E-state index is 12.1. The van der Waals surface area contributed by atoms with E-state index in [1.807, 2.05) is 27.7 Å². The smallest absolute Gasteiger partial charge is 0.269 e. The zero-order chi connectivity index (χ0) is 13.8. The summed E-state index contributed by atoms with van der Waals surface area (Å²) in [5.41, 5.74) is 7.30. The fraction of sp³-hybridized carbons (Fsp3) is 0.692. The summed E-state index contributed by atoms with van der Waals surface area (Å²) in [6.45, 7) is 9.10. The average molecular weight is 252 g/mol. The molecule has 0 aromatic carbocycles. The van der Waals surface area contributed by atoms with E-state index < -0.39 is 0 Å². The maximum absolute atomic E-state index is 12.1. The molecule has 1 heterocycles. The first kappa shape index (κ1) is 14.7. The number of hydrogen-bond acceptors (Lipinski definition) is 3. The molecule has 0 unspecified atom stereocenters. The largest absolute Gasteiger partial charge is 0.349 e. The second-order valence-corrected chi connectivity index (χ2v) is 4.74. The first-order chi connectivity index (χ1) is 8.45. The summed E-state index contributed by atoms with van der Waals surface area (Å²) < 4.78 is 1.71. The van der Waals surface area contributed by atoms with Crippen LogP contribution >= 0.6 is 0 Å². The second kappa shape index (κ2) is 6.00. The molecule has 1 rings (SSSR count). The Morgan fingerprint density at radius 3 is 2.56 bits per heavy atom. The van der Waals surface area contributed by atoms with E-state index in [-0.39, 0.29) is 11.4 Å². The normalized spacial score (nSPS) is 11.6. The van der Waals surface area contributed by atoms with E-state index in [9.17, 15) is 4.79 Å². The molecule has 18 heavy (non-hydrogen) atoms. The van der Waals surface area contributed by atoms with Gasteiger partial charge in [0.15, 0.2) is 0 Å². The van der Waals surface area contributed by atoms with E-state index in [0.29, 0.717) is 18.8 Å². The van der Waals surface area contributed by atoms with Crippen molar-refractivity contribution in [2.75, 3.05) is 6.54 Å². The van der Waals surface area contributed by atoms with Gasteiger partial charge >= 0.3 is 0 Å². The summed E-state index contributed by atoms with van der Waals surface area (Å²) >= 11 is 0. The number of hydrogen-bond donors (Lipinski definition) is 2. The van der Waals surface area contributed by atoms with Crippen LogP contribution in [-0.4, -0.2) is 27.8 Å². The van der Waals surface area contributed by atoms with Crippen molar-refractivity contribution < 1.29 is 4.79 Å². The third-order valence-corrected chi connectivity index (χ3v) is 3.44. The number of nitrogens with zero attached hydrogens (tertiary/aromatic N) is 2. The van der Waals surface area contributed by atoms with Crippen LogP contribution in [-0.2, 0) is 6.54 Å². The van der Waals surface area contributed by atoms with E-state index in [0.717, 1.165) is 18.5 Å². The fourth-order valence-electron chi connectivity index (χ4n) is 1.82. The molecule has 0 aliphatic heterocycles. The molecule has 0 saturated carbocycles. The lowest BCUT2D eigenvalue weighted by molar-refractivity contribution is 0.0931. The lowest BCUT2D eigenvalue weighted by Crippen LogP contribution is -2.49. The Morgan fingerprint density at radius 2 is 2.06 bits per heavy atom. The van der Waals surface area contributed by atoms with Gasteiger partial charge in [-0.15, -0.1) is 0 Å². The fourth-order valence-corrected chi connectivity index (χ4v) is 1.82. The predicted molar refractivity (Wildman–Crippen MR) is 72.5 cm³/mol. The quantitative estimate of drug-likeness (QED) is 0.805. The number of nitrogens with one attached hydrogen (secondary N) is 1. The first-order valence-electron chi connectivity index (χ1n) is 6.57. The van der Waals surface area contributed by atoms with E-state index in [4.69, 9.17) is 5.73 Å². The molecule has 102 valence electrons. The minimum atomic E-state index is -0.318. The van der Waals surface area contributed by atoms with Crippen LogP contribution in [0.3, 0.4) is 0 Å². The molecule has 5 heteroatoms. The maximum Gasteiger partial charge on any atom is 0.269 e. The summed E-state index contributed by atoms with van der Waals surface area (Å²) in [6, 6.07) is 1.80. The number of aryl methyl sites for hydroxylation is 2. The standard InChI is InChI=1S/C13H24N4O/c1-5-13(14,6-2)9-15-12(18)11-8-10(4)16-17(11)7-3/h8H,5-7,9,14H2,1-4H3,(H,15,18). The number of aromatic nitrogens is 2. The summed E-state index contributed by atoms with van der Waals surface area (Å²) in [4.78, 5) is 12.1. The van der Waals surface area contributed by atoms with Gasteiger partial charge in [0.05, 0.1) is 5.69 Å². The molecule has 0 spiro atoms. The Labute approximate surface area is 109 Å². The molecule has 0 aliphatic rings. The number of carbonyl (C=O) groups is 1. The third-order valence-electron chi connectivity index (χ3n) is 3.44. The molecule has 0 atom stereocenters. The van der Waals surface area contributed by atoms with Crippen LogP contribution in [0.1, 0.15) is 49.8 Å². The van der Waals surface area contributed by atoms with Crippen LogP contribution in [0.15, 0.2) is 6.07 Å². The minimum Gasteiger partial charge on any atom is -0.349 e. The third kappa shape index (κ3) is 3.32. The van der Waals surface area contributed by atoms with E-state index in [2.05, 4.69) is 10.4 Å². The van der Waals surface area contributed by atoms with Crippen LogP contribution in [0.2, 0.25) is 0 Å². The summed E-state index contributed by atoms with van der Waals surface area (Å²) in [6.07, 6.45) is 1.69. The molecule has 3 N–H and O–H groups in total. The van der Waals surface area contributed by atoms with Gasteiger partial charge in [-0.25, -0.2) is 0 Å². The zero-order valence-electron chi connectivity index (χ0n) is 11.8. The van der Waals surface area contributed by atoms with Crippen molar-refractivity contribution in [3.63, 3.8) is 0 Å². The highest BCUT2D eigenvalue weighted by Gasteiger charge is 2.22. The Morgan fingerprint density at radius 1 is 1.44 bits per heavy atom. The Bertz CT molecular complexity index is 407. The highest BCUT2D eigenvalue weighted by molar-refractivity contribution is 5.92. The molecule has 1 aromatic rings. The first-order valence-corrected chi connectivity index (χ1v) is 6.57.